The zero-order valence-corrected chi connectivity index (χ0v) is 16.6. The minimum Gasteiger partial charge on any atom is -0.322 e. The van der Waals surface area contributed by atoms with Crippen molar-refractivity contribution in [3.05, 3.63) is 63.6 Å². The third-order valence-electron chi connectivity index (χ3n) is 3.86. The highest BCUT2D eigenvalue weighted by Gasteiger charge is 2.36. The van der Waals surface area contributed by atoms with Gasteiger partial charge in [-0.05, 0) is 53.3 Å². The molecule has 13 heteroatoms. The third kappa shape index (κ3) is 5.69. The lowest BCUT2D eigenvalue weighted by Crippen LogP contribution is -2.11. The number of rotatable bonds is 4. The van der Waals surface area contributed by atoms with Crippen LogP contribution in [0, 0.1) is 0 Å². The number of halogens is 7. The standard InChI is InChI=1S/C18H10BrF6N5O/c19-12-2-3-14(13(8-12)16-27-29-30-28-16)26-15(31)4-1-9-5-10(17(20,21)22)7-11(6-9)18(23,24)25/h1-8H,(H,26,31)(H,27,28,29,30). The molecular weight excluding hydrogens is 496 g/mol. The summed E-state index contributed by atoms with van der Waals surface area (Å²) in [5.41, 5.74) is -2.77. The van der Waals surface area contributed by atoms with E-state index < -0.39 is 35.0 Å². The number of benzene rings is 2. The second kappa shape index (κ2) is 8.49. The molecule has 1 aromatic heterocycles. The lowest BCUT2D eigenvalue weighted by molar-refractivity contribution is -0.143. The summed E-state index contributed by atoms with van der Waals surface area (Å²) in [7, 11) is 0. The predicted octanol–water partition coefficient (Wildman–Crippen LogP) is 5.32. The molecule has 0 unspecified atom stereocenters. The average Bonchev–Trinajstić information content (AvgIpc) is 3.21. The van der Waals surface area contributed by atoms with Crippen LogP contribution in [0.4, 0.5) is 32.0 Å². The summed E-state index contributed by atoms with van der Waals surface area (Å²) < 4.78 is 78.3. The van der Waals surface area contributed by atoms with Gasteiger partial charge in [-0.1, -0.05) is 15.9 Å². The van der Waals surface area contributed by atoms with Crippen LogP contribution in [0.5, 0.6) is 0 Å². The minimum atomic E-state index is -4.98. The number of alkyl halides is 6. The highest BCUT2D eigenvalue weighted by molar-refractivity contribution is 9.10. The van der Waals surface area contributed by atoms with E-state index in [4.69, 9.17) is 0 Å². The summed E-state index contributed by atoms with van der Waals surface area (Å²) in [6.07, 6.45) is -8.30. The quantitative estimate of drug-likeness (QED) is 0.371. The number of aromatic amines is 1. The number of nitrogens with one attached hydrogen (secondary N) is 2. The van der Waals surface area contributed by atoms with E-state index in [2.05, 4.69) is 41.9 Å². The number of amides is 1. The average molecular weight is 506 g/mol. The van der Waals surface area contributed by atoms with Crippen LogP contribution in [0.3, 0.4) is 0 Å². The molecule has 2 N–H and O–H groups in total. The van der Waals surface area contributed by atoms with E-state index in [0.29, 0.717) is 22.2 Å². The van der Waals surface area contributed by atoms with E-state index >= 15 is 0 Å². The molecule has 1 amide bonds. The van der Waals surface area contributed by atoms with Crippen LogP contribution in [0.15, 0.2) is 46.9 Å². The lowest BCUT2D eigenvalue weighted by atomic mass is 10.0. The summed E-state index contributed by atoms with van der Waals surface area (Å²) in [4.78, 5) is 12.2. The lowest BCUT2D eigenvalue weighted by Gasteiger charge is -2.13. The summed E-state index contributed by atoms with van der Waals surface area (Å²) >= 11 is 3.26. The Labute approximate surface area is 178 Å². The molecule has 0 spiro atoms. The Balaban J connectivity index is 1.87. The molecule has 2 aromatic carbocycles. The first kappa shape index (κ1) is 22.5. The molecule has 3 aromatic rings. The Hall–Kier alpha value is -3.22. The van der Waals surface area contributed by atoms with Crippen LogP contribution in [0.25, 0.3) is 17.5 Å². The number of carbonyl (C=O) groups excluding carboxylic acids is 1. The fourth-order valence-electron chi connectivity index (χ4n) is 2.51. The van der Waals surface area contributed by atoms with E-state index in [1.165, 1.54) is 6.07 Å². The third-order valence-corrected chi connectivity index (χ3v) is 4.36. The van der Waals surface area contributed by atoms with Gasteiger partial charge in [0.15, 0.2) is 0 Å². The molecule has 162 valence electrons. The molecule has 0 aliphatic carbocycles. The first-order valence-corrected chi connectivity index (χ1v) is 9.05. The normalized spacial score (nSPS) is 12.4. The van der Waals surface area contributed by atoms with Gasteiger partial charge in [0.1, 0.15) is 0 Å². The van der Waals surface area contributed by atoms with Gasteiger partial charge in [0.2, 0.25) is 11.7 Å². The zero-order valence-electron chi connectivity index (χ0n) is 15.0. The molecule has 1 heterocycles. The van der Waals surface area contributed by atoms with Gasteiger partial charge < -0.3 is 5.32 Å². The van der Waals surface area contributed by atoms with E-state index in [-0.39, 0.29) is 17.6 Å². The van der Waals surface area contributed by atoms with Crippen LogP contribution in [-0.2, 0) is 17.1 Å². The Morgan fingerprint density at radius 2 is 1.65 bits per heavy atom. The maximum absolute atomic E-state index is 12.9. The second-order valence-electron chi connectivity index (χ2n) is 6.09. The molecule has 0 fully saturated rings. The van der Waals surface area contributed by atoms with Crippen molar-refractivity contribution in [1.82, 2.24) is 20.6 Å². The fourth-order valence-corrected chi connectivity index (χ4v) is 2.87. The Kier molecular flexibility index (Phi) is 6.15. The number of nitrogens with zero attached hydrogens (tertiary/aromatic N) is 3. The minimum absolute atomic E-state index is 0.0103. The highest BCUT2D eigenvalue weighted by atomic mass is 79.9. The van der Waals surface area contributed by atoms with Gasteiger partial charge in [-0.15, -0.1) is 10.2 Å². The summed E-state index contributed by atoms with van der Waals surface area (Å²) in [6.45, 7) is 0. The van der Waals surface area contributed by atoms with Gasteiger partial charge in [-0.3, -0.25) is 4.79 Å². The summed E-state index contributed by atoms with van der Waals surface area (Å²) in [6, 6.07) is 5.74. The first-order valence-electron chi connectivity index (χ1n) is 8.25. The largest absolute Gasteiger partial charge is 0.416 e. The molecule has 0 saturated heterocycles. The second-order valence-corrected chi connectivity index (χ2v) is 7.00. The molecule has 6 nitrogen and oxygen atoms in total. The smallest absolute Gasteiger partial charge is 0.322 e. The molecule has 0 radical (unpaired) electrons. The van der Waals surface area contributed by atoms with E-state index in [0.717, 1.165) is 12.2 Å². The van der Waals surface area contributed by atoms with Gasteiger partial charge in [-0.2, -0.15) is 31.6 Å². The number of H-pyrrole nitrogens is 1. The number of anilines is 1. The predicted molar refractivity (Wildman–Crippen MR) is 101 cm³/mol. The maximum atomic E-state index is 12.9. The molecule has 0 atom stereocenters. The van der Waals surface area contributed by atoms with Gasteiger partial charge in [0, 0.05) is 16.1 Å². The topological polar surface area (TPSA) is 83.6 Å². The van der Waals surface area contributed by atoms with Gasteiger partial charge >= 0.3 is 12.4 Å². The van der Waals surface area contributed by atoms with Crippen molar-refractivity contribution in [2.75, 3.05) is 5.32 Å². The van der Waals surface area contributed by atoms with Crippen molar-refractivity contribution in [2.24, 2.45) is 0 Å². The van der Waals surface area contributed by atoms with Gasteiger partial charge in [-0.25, -0.2) is 0 Å². The Bertz CT molecular complexity index is 1090. The zero-order chi connectivity index (χ0) is 22.8. The molecule has 0 aliphatic rings. The number of hydrogen-bond donors (Lipinski definition) is 2. The monoisotopic (exact) mass is 505 g/mol. The van der Waals surface area contributed by atoms with Crippen molar-refractivity contribution in [2.45, 2.75) is 12.4 Å². The SMILES string of the molecule is O=C(C=Cc1cc(C(F)(F)F)cc(C(F)(F)F)c1)Nc1ccc(Br)cc1-c1nn[nH]n1. The van der Waals surface area contributed by atoms with Crippen molar-refractivity contribution in [1.29, 1.82) is 0 Å². The van der Waals surface area contributed by atoms with Crippen LogP contribution in [0.2, 0.25) is 0 Å². The first-order chi connectivity index (χ1) is 14.4. The molecule has 0 aliphatic heterocycles. The highest BCUT2D eigenvalue weighted by Crippen LogP contribution is 2.36. The molecular formula is C18H10BrF6N5O. The number of hydrogen-bond acceptors (Lipinski definition) is 4. The number of aromatic nitrogens is 4. The van der Waals surface area contributed by atoms with Gasteiger partial charge in [0.05, 0.1) is 16.8 Å². The molecule has 0 saturated carbocycles. The van der Waals surface area contributed by atoms with Crippen molar-refractivity contribution in [3.8, 4) is 11.4 Å². The van der Waals surface area contributed by atoms with Crippen molar-refractivity contribution < 1.29 is 31.1 Å². The number of carbonyl (C=O) groups is 1. The fraction of sp³-hybridized carbons (Fsp3) is 0.111. The van der Waals surface area contributed by atoms with Crippen LogP contribution in [-0.4, -0.2) is 26.5 Å². The van der Waals surface area contributed by atoms with Crippen LogP contribution < -0.4 is 5.32 Å². The number of tetrazole rings is 1. The molecule has 0 bridgehead atoms. The van der Waals surface area contributed by atoms with E-state index in [1.54, 1.807) is 12.1 Å². The maximum Gasteiger partial charge on any atom is 0.416 e. The van der Waals surface area contributed by atoms with Crippen LogP contribution >= 0.6 is 15.9 Å². The van der Waals surface area contributed by atoms with Crippen molar-refractivity contribution >= 4 is 33.6 Å². The molecule has 31 heavy (non-hydrogen) atoms. The van der Waals surface area contributed by atoms with E-state index in [9.17, 15) is 31.1 Å². The van der Waals surface area contributed by atoms with Crippen LogP contribution in [0.1, 0.15) is 16.7 Å². The Morgan fingerprint density at radius 3 is 2.19 bits per heavy atom. The Morgan fingerprint density at radius 1 is 1.00 bits per heavy atom. The van der Waals surface area contributed by atoms with Gasteiger partial charge in [0.25, 0.3) is 0 Å². The summed E-state index contributed by atoms with van der Waals surface area (Å²) in [5, 5.41) is 15.8. The molecule has 3 rings (SSSR count). The van der Waals surface area contributed by atoms with E-state index in [1.807, 2.05) is 0 Å². The van der Waals surface area contributed by atoms with Crippen molar-refractivity contribution in [3.63, 3.8) is 0 Å². The summed E-state index contributed by atoms with van der Waals surface area (Å²) in [5.74, 6) is -0.633.